The largest absolute Gasteiger partial charge is 0.480 e. The summed E-state index contributed by atoms with van der Waals surface area (Å²) in [6, 6.07) is 11.4. The van der Waals surface area contributed by atoms with E-state index in [1.807, 2.05) is 24.3 Å². The Morgan fingerprint density at radius 3 is 2.45 bits per heavy atom. The van der Waals surface area contributed by atoms with Crippen molar-refractivity contribution >= 4 is 34.5 Å². The first-order chi connectivity index (χ1) is 10.5. The van der Waals surface area contributed by atoms with E-state index < -0.39 is 23.7 Å². The Hall–Kier alpha value is -1.96. The number of benzene rings is 2. The third-order valence-corrected chi connectivity index (χ3v) is 3.76. The fraction of sp³-hybridized carbons (Fsp3) is 0.125. The van der Waals surface area contributed by atoms with Crippen LogP contribution in [-0.2, 0) is 11.2 Å². The Kier molecular flexibility index (Phi) is 5.48. The number of halogens is 2. The molecule has 0 aliphatic heterocycles. The Labute approximate surface area is 140 Å². The van der Waals surface area contributed by atoms with E-state index in [-0.39, 0.29) is 12.0 Å². The van der Waals surface area contributed by atoms with Crippen molar-refractivity contribution in [3.63, 3.8) is 0 Å². The number of carboxylic acid groups (broad SMARTS) is 1. The summed E-state index contributed by atoms with van der Waals surface area (Å²) in [6.45, 7) is 0. The molecule has 0 aliphatic rings. The Morgan fingerprint density at radius 1 is 1.18 bits per heavy atom. The SMILES string of the molecule is O=C(N[C@H](Cc1ccc(I)cc1)C(=O)O)c1cccc(F)c1. The van der Waals surface area contributed by atoms with Gasteiger partial charge in [-0.1, -0.05) is 18.2 Å². The van der Waals surface area contributed by atoms with E-state index in [0.717, 1.165) is 15.2 Å². The molecule has 0 heterocycles. The number of rotatable bonds is 5. The highest BCUT2D eigenvalue weighted by Gasteiger charge is 2.21. The highest BCUT2D eigenvalue weighted by atomic mass is 127. The molecule has 0 aliphatic carbocycles. The molecule has 0 aromatic heterocycles. The van der Waals surface area contributed by atoms with Crippen LogP contribution in [0.1, 0.15) is 15.9 Å². The van der Waals surface area contributed by atoms with Crippen LogP contribution < -0.4 is 5.32 Å². The van der Waals surface area contributed by atoms with Gasteiger partial charge in [0.1, 0.15) is 11.9 Å². The van der Waals surface area contributed by atoms with Crippen LogP contribution in [0.4, 0.5) is 4.39 Å². The zero-order valence-electron chi connectivity index (χ0n) is 11.4. The summed E-state index contributed by atoms with van der Waals surface area (Å²) in [6.07, 6.45) is 0.160. The standard InChI is InChI=1S/C16H13FINO3/c17-12-3-1-2-11(9-12)15(20)19-14(16(21)22)8-10-4-6-13(18)7-5-10/h1-7,9,14H,8H2,(H,19,20)(H,21,22)/t14-/m1/s1. The summed E-state index contributed by atoms with van der Waals surface area (Å²) in [5.74, 6) is -2.29. The van der Waals surface area contributed by atoms with E-state index in [1.165, 1.54) is 18.2 Å². The summed E-state index contributed by atoms with van der Waals surface area (Å²) < 4.78 is 14.2. The highest BCUT2D eigenvalue weighted by molar-refractivity contribution is 14.1. The Balaban J connectivity index is 2.10. The van der Waals surface area contributed by atoms with E-state index in [2.05, 4.69) is 27.9 Å². The quantitative estimate of drug-likeness (QED) is 0.742. The second-order valence-corrected chi connectivity index (χ2v) is 5.95. The number of carboxylic acids is 1. The van der Waals surface area contributed by atoms with Crippen molar-refractivity contribution in [2.24, 2.45) is 0 Å². The average Bonchev–Trinajstić information content (AvgIpc) is 2.48. The molecular weight excluding hydrogens is 400 g/mol. The maximum absolute atomic E-state index is 13.1. The van der Waals surface area contributed by atoms with E-state index >= 15 is 0 Å². The zero-order chi connectivity index (χ0) is 16.1. The third-order valence-electron chi connectivity index (χ3n) is 3.04. The van der Waals surface area contributed by atoms with Crippen LogP contribution in [0.15, 0.2) is 48.5 Å². The lowest BCUT2D eigenvalue weighted by atomic mass is 10.1. The van der Waals surface area contributed by atoms with Crippen molar-refractivity contribution in [3.8, 4) is 0 Å². The lowest BCUT2D eigenvalue weighted by Crippen LogP contribution is -2.42. The maximum atomic E-state index is 13.1. The average molecular weight is 413 g/mol. The minimum atomic E-state index is -1.14. The van der Waals surface area contributed by atoms with Gasteiger partial charge in [-0.25, -0.2) is 9.18 Å². The first-order valence-corrected chi connectivity index (χ1v) is 7.57. The topological polar surface area (TPSA) is 66.4 Å². The van der Waals surface area contributed by atoms with E-state index in [1.54, 1.807) is 0 Å². The van der Waals surface area contributed by atoms with Crippen LogP contribution in [-0.4, -0.2) is 23.0 Å². The van der Waals surface area contributed by atoms with Gasteiger partial charge in [0.15, 0.2) is 0 Å². The van der Waals surface area contributed by atoms with Crippen LogP contribution >= 0.6 is 22.6 Å². The summed E-state index contributed by atoms with van der Waals surface area (Å²) in [4.78, 5) is 23.3. The smallest absolute Gasteiger partial charge is 0.326 e. The van der Waals surface area contributed by atoms with Crippen molar-refractivity contribution in [2.75, 3.05) is 0 Å². The molecule has 2 aromatic rings. The first kappa shape index (κ1) is 16.4. The molecule has 2 aromatic carbocycles. The van der Waals surface area contributed by atoms with Gasteiger partial charge in [0.2, 0.25) is 0 Å². The van der Waals surface area contributed by atoms with Gasteiger partial charge in [-0.2, -0.15) is 0 Å². The first-order valence-electron chi connectivity index (χ1n) is 6.49. The molecule has 0 unspecified atom stereocenters. The van der Waals surface area contributed by atoms with Gasteiger partial charge in [0.25, 0.3) is 5.91 Å². The number of amides is 1. The zero-order valence-corrected chi connectivity index (χ0v) is 13.6. The molecule has 1 amide bonds. The van der Waals surface area contributed by atoms with E-state index in [0.29, 0.717) is 0 Å². The van der Waals surface area contributed by atoms with Crippen molar-refractivity contribution in [1.29, 1.82) is 0 Å². The highest BCUT2D eigenvalue weighted by Crippen LogP contribution is 2.10. The number of hydrogen-bond acceptors (Lipinski definition) is 2. The monoisotopic (exact) mass is 413 g/mol. The lowest BCUT2D eigenvalue weighted by Gasteiger charge is -2.15. The van der Waals surface area contributed by atoms with Crippen LogP contribution in [0.2, 0.25) is 0 Å². The molecule has 2 rings (SSSR count). The van der Waals surface area contributed by atoms with Gasteiger partial charge in [-0.15, -0.1) is 0 Å². The summed E-state index contributed by atoms with van der Waals surface area (Å²) >= 11 is 2.15. The molecule has 0 spiro atoms. The van der Waals surface area contributed by atoms with Crippen molar-refractivity contribution < 1.29 is 19.1 Å². The molecular formula is C16H13FINO3. The molecule has 6 heteroatoms. The molecule has 22 heavy (non-hydrogen) atoms. The van der Waals surface area contributed by atoms with Gasteiger partial charge in [-0.05, 0) is 58.5 Å². The summed E-state index contributed by atoms with van der Waals surface area (Å²) in [5.41, 5.74) is 0.890. The molecule has 0 saturated heterocycles. The lowest BCUT2D eigenvalue weighted by molar-refractivity contribution is -0.139. The molecule has 0 radical (unpaired) electrons. The van der Waals surface area contributed by atoms with Gasteiger partial charge in [-0.3, -0.25) is 4.79 Å². The maximum Gasteiger partial charge on any atom is 0.326 e. The minimum absolute atomic E-state index is 0.0915. The molecule has 114 valence electrons. The normalized spacial score (nSPS) is 11.7. The van der Waals surface area contributed by atoms with Crippen LogP contribution in [0, 0.1) is 9.39 Å². The van der Waals surface area contributed by atoms with Crippen LogP contribution in [0.3, 0.4) is 0 Å². The van der Waals surface area contributed by atoms with Gasteiger partial charge < -0.3 is 10.4 Å². The van der Waals surface area contributed by atoms with E-state index in [4.69, 9.17) is 0 Å². The second-order valence-electron chi connectivity index (χ2n) is 4.71. The predicted molar refractivity (Wildman–Crippen MR) is 88.2 cm³/mol. The Morgan fingerprint density at radius 2 is 1.86 bits per heavy atom. The van der Waals surface area contributed by atoms with Crippen molar-refractivity contribution in [1.82, 2.24) is 5.32 Å². The second kappa shape index (κ2) is 7.35. The fourth-order valence-electron chi connectivity index (χ4n) is 1.93. The number of hydrogen-bond donors (Lipinski definition) is 2. The Bertz CT molecular complexity index is 688. The number of carbonyl (C=O) groups excluding carboxylic acids is 1. The number of aliphatic carboxylic acids is 1. The summed E-state index contributed by atoms with van der Waals surface area (Å²) in [7, 11) is 0. The number of nitrogens with one attached hydrogen (secondary N) is 1. The fourth-order valence-corrected chi connectivity index (χ4v) is 2.29. The molecule has 1 atom stereocenters. The van der Waals surface area contributed by atoms with Crippen LogP contribution in [0.5, 0.6) is 0 Å². The van der Waals surface area contributed by atoms with Crippen molar-refractivity contribution in [3.05, 3.63) is 69.0 Å². The minimum Gasteiger partial charge on any atom is -0.480 e. The molecule has 4 nitrogen and oxygen atoms in total. The van der Waals surface area contributed by atoms with Gasteiger partial charge in [0, 0.05) is 15.6 Å². The third kappa shape index (κ3) is 4.52. The summed E-state index contributed by atoms with van der Waals surface area (Å²) in [5, 5.41) is 11.7. The predicted octanol–water partition coefficient (Wildman–Crippen LogP) is 2.86. The van der Waals surface area contributed by atoms with E-state index in [9.17, 15) is 19.1 Å². The number of carbonyl (C=O) groups is 2. The van der Waals surface area contributed by atoms with Crippen molar-refractivity contribution in [2.45, 2.75) is 12.5 Å². The van der Waals surface area contributed by atoms with Crippen LogP contribution in [0.25, 0.3) is 0 Å². The molecule has 2 N–H and O–H groups in total. The molecule has 0 fully saturated rings. The van der Waals surface area contributed by atoms with Gasteiger partial charge in [0.05, 0.1) is 0 Å². The van der Waals surface area contributed by atoms with Gasteiger partial charge >= 0.3 is 5.97 Å². The molecule has 0 bridgehead atoms. The molecule has 0 saturated carbocycles.